The van der Waals surface area contributed by atoms with Crippen LogP contribution in [0.3, 0.4) is 0 Å². The van der Waals surface area contributed by atoms with Crippen molar-refractivity contribution in [3.05, 3.63) is 29.8 Å². The van der Waals surface area contributed by atoms with Gasteiger partial charge < -0.3 is 4.74 Å². The fourth-order valence-corrected chi connectivity index (χ4v) is 5.44. The van der Waals surface area contributed by atoms with E-state index >= 15 is 0 Å². The minimum Gasteiger partial charge on any atom is -0.494 e. The summed E-state index contributed by atoms with van der Waals surface area (Å²) < 4.78 is 5.75. The Bertz CT molecular complexity index is 476. The zero-order chi connectivity index (χ0) is 17.6. The highest BCUT2D eigenvalue weighted by Gasteiger charge is 2.24. The third-order valence-electron chi connectivity index (χ3n) is 4.88. The Hall–Kier alpha value is 0.107. The van der Waals surface area contributed by atoms with E-state index in [1.54, 1.807) is 0 Å². The molecule has 0 heterocycles. The average molecular weight is 408 g/mol. The highest BCUT2D eigenvalue weighted by atomic mass is 35.8. The van der Waals surface area contributed by atoms with Crippen LogP contribution in [-0.2, 0) is 0 Å². The maximum atomic E-state index is 5.87. The van der Waals surface area contributed by atoms with Crippen molar-refractivity contribution >= 4 is 39.2 Å². The monoisotopic (exact) mass is 406 g/mol. The molecule has 0 radical (unpaired) electrons. The van der Waals surface area contributed by atoms with Crippen molar-refractivity contribution in [2.24, 2.45) is 11.8 Å². The summed E-state index contributed by atoms with van der Waals surface area (Å²) in [5, 5.41) is 0. The molecule has 0 aromatic heterocycles. The highest BCUT2D eigenvalue weighted by Crippen LogP contribution is 2.38. The molecule has 0 aliphatic heterocycles. The predicted octanol–water partition coefficient (Wildman–Crippen LogP) is 7.43. The first-order chi connectivity index (χ1) is 11.3. The van der Waals surface area contributed by atoms with E-state index in [-0.39, 0.29) is 0 Å². The number of halogens is 3. The lowest BCUT2D eigenvalue weighted by Gasteiger charge is -2.29. The van der Waals surface area contributed by atoms with Gasteiger partial charge in [-0.15, -0.1) is 33.2 Å². The van der Waals surface area contributed by atoms with Gasteiger partial charge in [-0.1, -0.05) is 26.0 Å². The van der Waals surface area contributed by atoms with Crippen LogP contribution in [0, 0.1) is 11.8 Å². The van der Waals surface area contributed by atoms with Crippen LogP contribution < -0.4 is 4.74 Å². The molecule has 0 unspecified atom stereocenters. The molecule has 0 atom stereocenters. The van der Waals surface area contributed by atoms with Crippen LogP contribution in [0.25, 0.3) is 0 Å². The van der Waals surface area contributed by atoms with Crippen molar-refractivity contribution in [2.75, 3.05) is 6.61 Å². The fourth-order valence-electron chi connectivity index (χ4n) is 3.70. The minimum atomic E-state index is -2.51. The number of rotatable bonds is 8. The Morgan fingerprint density at radius 2 is 1.67 bits per heavy atom. The second-order valence-electron chi connectivity index (χ2n) is 7.48. The second-order valence-corrected chi connectivity index (χ2v) is 16.8. The van der Waals surface area contributed by atoms with Crippen molar-refractivity contribution in [1.82, 2.24) is 0 Å². The number of hydrogen-bond acceptors (Lipinski definition) is 1. The molecule has 0 spiro atoms. The molecule has 1 fully saturated rings. The van der Waals surface area contributed by atoms with Gasteiger partial charge in [-0.3, -0.25) is 0 Å². The lowest BCUT2D eigenvalue weighted by atomic mass is 9.76. The minimum absolute atomic E-state index is 0.612. The van der Waals surface area contributed by atoms with Gasteiger partial charge in [0.15, 0.2) is 0 Å². The molecule has 1 aliphatic rings. The summed E-state index contributed by atoms with van der Waals surface area (Å²) in [5.74, 6) is 3.40. The summed E-state index contributed by atoms with van der Waals surface area (Å²) in [7, 11) is 0. The molecule has 1 aromatic rings. The first-order valence-electron chi connectivity index (χ1n) is 9.13. The molecule has 0 saturated heterocycles. The van der Waals surface area contributed by atoms with Gasteiger partial charge in [0.1, 0.15) is 5.75 Å². The number of benzene rings is 1. The van der Waals surface area contributed by atoms with E-state index in [0.29, 0.717) is 12.7 Å². The standard InChI is InChI=1S/C19H29Cl3OSi/c1-15(2)14-16-4-6-17(7-5-16)18-8-10-19(11-9-18)23-12-3-13-24(20,21)22/h8-11,15-17H,3-7,12-14H2,1-2H3. The molecule has 1 nitrogen and oxygen atoms in total. The lowest BCUT2D eigenvalue weighted by molar-refractivity contribution is 0.282. The third kappa shape index (κ3) is 7.55. The maximum Gasteiger partial charge on any atom is 0.341 e. The van der Waals surface area contributed by atoms with Crippen LogP contribution in [-0.4, -0.2) is 12.6 Å². The van der Waals surface area contributed by atoms with E-state index in [4.69, 9.17) is 38.0 Å². The van der Waals surface area contributed by atoms with E-state index in [1.165, 1.54) is 37.7 Å². The Morgan fingerprint density at radius 3 is 2.21 bits per heavy atom. The molecule has 0 amide bonds. The Balaban J connectivity index is 1.74. The van der Waals surface area contributed by atoms with Crippen LogP contribution >= 0.6 is 33.2 Å². The summed E-state index contributed by atoms with van der Waals surface area (Å²) >= 11 is 17.6. The highest BCUT2D eigenvalue weighted by molar-refractivity contribution is 7.64. The molecule has 136 valence electrons. The smallest absolute Gasteiger partial charge is 0.341 e. The molecule has 2 rings (SSSR count). The van der Waals surface area contributed by atoms with Crippen molar-refractivity contribution in [3.8, 4) is 5.75 Å². The van der Waals surface area contributed by atoms with Crippen LogP contribution in [0.4, 0.5) is 0 Å². The van der Waals surface area contributed by atoms with E-state index in [0.717, 1.165) is 29.9 Å². The fraction of sp³-hybridized carbons (Fsp3) is 0.684. The van der Waals surface area contributed by atoms with Gasteiger partial charge in [0.25, 0.3) is 0 Å². The summed E-state index contributed by atoms with van der Waals surface area (Å²) in [6.45, 7) is 5.28. The molecule has 1 aromatic carbocycles. The second kappa shape index (κ2) is 9.71. The van der Waals surface area contributed by atoms with Crippen LogP contribution in [0.5, 0.6) is 5.75 Å². The normalized spacial score (nSPS) is 21.9. The number of ether oxygens (including phenoxy) is 1. The Kier molecular flexibility index (Phi) is 8.26. The lowest BCUT2D eigenvalue weighted by Crippen LogP contribution is -2.15. The molecule has 1 aliphatic carbocycles. The zero-order valence-electron chi connectivity index (χ0n) is 14.7. The maximum absolute atomic E-state index is 5.87. The molecule has 5 heteroatoms. The first kappa shape index (κ1) is 20.4. The van der Waals surface area contributed by atoms with Gasteiger partial charge in [0.2, 0.25) is 0 Å². The average Bonchev–Trinajstić information content (AvgIpc) is 2.52. The molecule has 1 saturated carbocycles. The van der Waals surface area contributed by atoms with E-state index in [2.05, 4.69) is 38.1 Å². The first-order valence-corrected chi connectivity index (χ1v) is 14.4. The summed E-state index contributed by atoms with van der Waals surface area (Å²) in [6, 6.07) is 6.77. The van der Waals surface area contributed by atoms with Gasteiger partial charge in [-0.25, -0.2) is 0 Å². The SMILES string of the molecule is CC(C)CC1CCC(c2ccc(OCCC[Si](Cl)(Cl)Cl)cc2)CC1. The summed E-state index contributed by atoms with van der Waals surface area (Å²) in [4.78, 5) is 0. The van der Waals surface area contributed by atoms with Gasteiger partial charge in [0, 0.05) is 0 Å². The van der Waals surface area contributed by atoms with Gasteiger partial charge in [-0.2, -0.15) is 0 Å². The molecule has 24 heavy (non-hydrogen) atoms. The molecular weight excluding hydrogens is 379 g/mol. The van der Waals surface area contributed by atoms with E-state index < -0.39 is 6.00 Å². The zero-order valence-corrected chi connectivity index (χ0v) is 18.0. The Morgan fingerprint density at radius 1 is 1.04 bits per heavy atom. The molecule has 0 N–H and O–H groups in total. The third-order valence-corrected chi connectivity index (χ3v) is 7.50. The summed E-state index contributed by atoms with van der Waals surface area (Å²) in [6.07, 6.45) is 7.59. The van der Waals surface area contributed by atoms with Gasteiger partial charge in [-0.05, 0) is 80.0 Å². The van der Waals surface area contributed by atoms with Crippen molar-refractivity contribution in [3.63, 3.8) is 0 Å². The van der Waals surface area contributed by atoms with Crippen LogP contribution in [0.1, 0.15) is 63.9 Å². The quantitative estimate of drug-likeness (QED) is 0.247. The van der Waals surface area contributed by atoms with E-state index in [9.17, 15) is 0 Å². The van der Waals surface area contributed by atoms with Crippen molar-refractivity contribution in [2.45, 2.75) is 64.3 Å². The Labute approximate surface area is 162 Å². The van der Waals surface area contributed by atoms with Gasteiger partial charge >= 0.3 is 6.00 Å². The van der Waals surface area contributed by atoms with Crippen molar-refractivity contribution in [1.29, 1.82) is 0 Å². The van der Waals surface area contributed by atoms with E-state index in [1.807, 2.05) is 0 Å². The van der Waals surface area contributed by atoms with Gasteiger partial charge in [0.05, 0.1) is 6.61 Å². The topological polar surface area (TPSA) is 9.23 Å². The van der Waals surface area contributed by atoms with Crippen molar-refractivity contribution < 1.29 is 4.74 Å². The summed E-state index contributed by atoms with van der Waals surface area (Å²) in [5.41, 5.74) is 1.46. The largest absolute Gasteiger partial charge is 0.494 e. The number of hydrogen-bond donors (Lipinski definition) is 0. The predicted molar refractivity (Wildman–Crippen MR) is 109 cm³/mol. The molecule has 0 bridgehead atoms. The van der Waals surface area contributed by atoms with Crippen LogP contribution in [0.15, 0.2) is 24.3 Å². The van der Waals surface area contributed by atoms with Crippen LogP contribution in [0.2, 0.25) is 6.04 Å². The molecular formula is C19H29Cl3OSi.